The van der Waals surface area contributed by atoms with Crippen LogP contribution in [0.15, 0.2) is 48.5 Å². The zero-order valence-corrected chi connectivity index (χ0v) is 17.9. The van der Waals surface area contributed by atoms with E-state index >= 15 is 0 Å². The number of likely N-dealkylation sites (N-methyl/N-ethyl adjacent to an activating group) is 1. The largest absolute Gasteiger partial charge is 0.377 e. The van der Waals surface area contributed by atoms with Crippen molar-refractivity contribution >= 4 is 17.3 Å². The van der Waals surface area contributed by atoms with E-state index in [-0.39, 0.29) is 17.9 Å². The van der Waals surface area contributed by atoms with Gasteiger partial charge in [0.1, 0.15) is 0 Å². The van der Waals surface area contributed by atoms with Crippen molar-refractivity contribution in [3.05, 3.63) is 65.2 Å². The lowest BCUT2D eigenvalue weighted by molar-refractivity contribution is 0.0941. The lowest BCUT2D eigenvalue weighted by atomic mass is 9.80. The Hall–Kier alpha value is -2.66. The molecular weight excluding hydrogens is 372 g/mol. The molecule has 2 aromatic rings. The Morgan fingerprint density at radius 2 is 2.00 bits per heavy atom. The lowest BCUT2D eigenvalue weighted by Gasteiger charge is -2.35. The summed E-state index contributed by atoms with van der Waals surface area (Å²) in [7, 11) is 0. The minimum absolute atomic E-state index is 0.0493. The number of hydrogen-bond donors (Lipinski definition) is 3. The van der Waals surface area contributed by atoms with Crippen LogP contribution < -0.4 is 10.6 Å². The number of nitrogens with zero attached hydrogens (tertiary/aromatic N) is 1. The molecule has 2 heterocycles. The van der Waals surface area contributed by atoms with Gasteiger partial charge in [0.25, 0.3) is 5.91 Å². The normalized spacial score (nSPS) is 23.7. The van der Waals surface area contributed by atoms with Crippen LogP contribution in [0.5, 0.6) is 0 Å². The monoisotopic (exact) mass is 404 g/mol. The van der Waals surface area contributed by atoms with Gasteiger partial charge in [-0.3, -0.25) is 9.69 Å². The Kier molecular flexibility index (Phi) is 6.18. The van der Waals surface area contributed by atoms with Gasteiger partial charge in [0.05, 0.1) is 6.04 Å². The molecule has 0 bridgehead atoms. The van der Waals surface area contributed by atoms with Crippen LogP contribution in [-0.4, -0.2) is 42.2 Å². The average Bonchev–Trinajstić information content (AvgIpc) is 3.25. The van der Waals surface area contributed by atoms with Crippen molar-refractivity contribution in [1.29, 1.82) is 5.41 Å². The average molecular weight is 405 g/mol. The molecule has 2 aliphatic heterocycles. The van der Waals surface area contributed by atoms with Crippen LogP contribution in [0.1, 0.15) is 60.6 Å². The summed E-state index contributed by atoms with van der Waals surface area (Å²) in [6, 6.07) is 16.6. The standard InChI is InChI=1S/C25H32N4O/c1-3-20-23(26)21-15-18(25(30)27-16-19-11-8-14-29(19)4-2)12-13-22(21)28-24(20)17-9-6-5-7-10-17/h5-7,9-10,12-13,15,19-20,24,26,28H,3-4,8,11,14,16H2,1-2H3,(H,27,30)/t19?,20-,24?/m1/s1. The van der Waals surface area contributed by atoms with Crippen LogP contribution in [-0.2, 0) is 0 Å². The Bertz CT molecular complexity index is 911. The highest BCUT2D eigenvalue weighted by Gasteiger charge is 2.33. The van der Waals surface area contributed by atoms with Crippen LogP contribution in [0.25, 0.3) is 0 Å². The van der Waals surface area contributed by atoms with Gasteiger partial charge >= 0.3 is 0 Å². The van der Waals surface area contributed by atoms with Crippen LogP contribution >= 0.6 is 0 Å². The van der Waals surface area contributed by atoms with Crippen molar-refractivity contribution in [2.24, 2.45) is 5.92 Å². The van der Waals surface area contributed by atoms with Crippen molar-refractivity contribution in [2.45, 2.75) is 45.2 Å². The third-order valence-corrected chi connectivity index (χ3v) is 6.66. The minimum atomic E-state index is -0.0493. The van der Waals surface area contributed by atoms with Crippen molar-refractivity contribution in [1.82, 2.24) is 10.2 Å². The smallest absolute Gasteiger partial charge is 0.251 e. The summed E-state index contributed by atoms with van der Waals surface area (Å²) in [6.45, 7) is 7.14. The molecule has 5 heteroatoms. The molecule has 1 amide bonds. The number of fused-ring (bicyclic) bond motifs is 1. The first-order valence-corrected chi connectivity index (χ1v) is 11.2. The fourth-order valence-corrected chi connectivity index (χ4v) is 4.94. The van der Waals surface area contributed by atoms with E-state index in [0.29, 0.717) is 23.9 Å². The van der Waals surface area contributed by atoms with E-state index in [1.807, 2.05) is 36.4 Å². The summed E-state index contributed by atoms with van der Waals surface area (Å²) >= 11 is 0. The van der Waals surface area contributed by atoms with Gasteiger partial charge in [-0.2, -0.15) is 0 Å². The predicted molar refractivity (Wildman–Crippen MR) is 122 cm³/mol. The van der Waals surface area contributed by atoms with Gasteiger partial charge in [-0.25, -0.2) is 0 Å². The molecule has 4 rings (SSSR count). The minimum Gasteiger partial charge on any atom is -0.377 e. The van der Waals surface area contributed by atoms with Gasteiger partial charge < -0.3 is 16.0 Å². The molecule has 3 atom stereocenters. The van der Waals surface area contributed by atoms with Crippen LogP contribution in [0.4, 0.5) is 5.69 Å². The number of likely N-dealkylation sites (tertiary alicyclic amines) is 1. The number of benzene rings is 2. The molecule has 0 radical (unpaired) electrons. The van der Waals surface area contributed by atoms with Crippen molar-refractivity contribution in [3.63, 3.8) is 0 Å². The quantitative estimate of drug-likeness (QED) is 0.666. The zero-order chi connectivity index (χ0) is 21.1. The van der Waals surface area contributed by atoms with E-state index in [9.17, 15) is 4.79 Å². The number of rotatable bonds is 6. The number of amides is 1. The maximum atomic E-state index is 12.8. The lowest BCUT2D eigenvalue weighted by Crippen LogP contribution is -2.40. The molecule has 2 aromatic carbocycles. The number of nitrogens with one attached hydrogen (secondary N) is 3. The first-order valence-electron chi connectivity index (χ1n) is 11.2. The molecule has 1 fully saturated rings. The van der Waals surface area contributed by atoms with Gasteiger partial charge in [-0.15, -0.1) is 0 Å². The van der Waals surface area contributed by atoms with E-state index < -0.39 is 0 Å². The van der Waals surface area contributed by atoms with Gasteiger partial charge in [0.2, 0.25) is 0 Å². The second kappa shape index (κ2) is 9.00. The van der Waals surface area contributed by atoms with Gasteiger partial charge in [-0.1, -0.05) is 44.2 Å². The Morgan fingerprint density at radius 1 is 1.20 bits per heavy atom. The summed E-state index contributed by atoms with van der Waals surface area (Å²) < 4.78 is 0. The van der Waals surface area contributed by atoms with Crippen molar-refractivity contribution < 1.29 is 4.79 Å². The summed E-state index contributed by atoms with van der Waals surface area (Å²) in [5.74, 6) is 0.0293. The summed E-state index contributed by atoms with van der Waals surface area (Å²) in [4.78, 5) is 15.2. The van der Waals surface area contributed by atoms with Gasteiger partial charge in [0.15, 0.2) is 0 Å². The third-order valence-electron chi connectivity index (χ3n) is 6.66. The highest BCUT2D eigenvalue weighted by atomic mass is 16.1. The van der Waals surface area contributed by atoms with E-state index in [4.69, 9.17) is 5.41 Å². The molecular formula is C25H32N4O. The topological polar surface area (TPSA) is 68.2 Å². The summed E-state index contributed by atoms with van der Waals surface area (Å²) in [5, 5.41) is 15.6. The fraction of sp³-hybridized carbons (Fsp3) is 0.440. The Balaban J connectivity index is 1.51. The van der Waals surface area contributed by atoms with Crippen LogP contribution in [0.3, 0.4) is 0 Å². The van der Waals surface area contributed by atoms with Gasteiger partial charge in [0, 0.05) is 41.0 Å². The molecule has 30 heavy (non-hydrogen) atoms. The van der Waals surface area contributed by atoms with Gasteiger partial charge in [-0.05, 0) is 56.1 Å². The molecule has 2 aliphatic rings. The summed E-state index contributed by atoms with van der Waals surface area (Å²) in [6.07, 6.45) is 3.22. The predicted octanol–water partition coefficient (Wildman–Crippen LogP) is 4.46. The SMILES string of the molecule is CC[C@@H]1C(=N)c2cc(C(=O)NCC3CCCN3CC)ccc2NC1c1ccccc1. The number of anilines is 1. The fourth-order valence-electron chi connectivity index (χ4n) is 4.94. The highest BCUT2D eigenvalue weighted by molar-refractivity contribution is 6.09. The van der Waals surface area contributed by atoms with E-state index in [1.165, 1.54) is 12.0 Å². The molecule has 158 valence electrons. The molecule has 3 N–H and O–H groups in total. The van der Waals surface area contributed by atoms with E-state index in [1.54, 1.807) is 0 Å². The molecule has 5 nitrogen and oxygen atoms in total. The Morgan fingerprint density at radius 3 is 2.73 bits per heavy atom. The molecule has 0 aromatic heterocycles. The first-order chi connectivity index (χ1) is 14.6. The molecule has 2 unspecified atom stereocenters. The van der Waals surface area contributed by atoms with E-state index in [0.717, 1.165) is 37.2 Å². The maximum absolute atomic E-state index is 12.8. The number of hydrogen-bond acceptors (Lipinski definition) is 4. The molecule has 1 saturated heterocycles. The molecule has 0 saturated carbocycles. The van der Waals surface area contributed by atoms with Crippen LogP contribution in [0, 0.1) is 11.3 Å². The molecule has 0 spiro atoms. The van der Waals surface area contributed by atoms with E-state index in [2.05, 4.69) is 41.5 Å². The number of carbonyl (C=O) groups is 1. The van der Waals surface area contributed by atoms with Crippen molar-refractivity contribution in [3.8, 4) is 0 Å². The van der Waals surface area contributed by atoms with Crippen molar-refractivity contribution in [2.75, 3.05) is 25.0 Å². The Labute approximate surface area is 179 Å². The first kappa shape index (κ1) is 20.6. The highest BCUT2D eigenvalue weighted by Crippen LogP contribution is 2.38. The second-order valence-electron chi connectivity index (χ2n) is 8.36. The van der Waals surface area contributed by atoms with Crippen LogP contribution in [0.2, 0.25) is 0 Å². The third kappa shape index (κ3) is 3.99. The maximum Gasteiger partial charge on any atom is 0.251 e. The second-order valence-corrected chi connectivity index (χ2v) is 8.36. The number of carbonyl (C=O) groups excluding carboxylic acids is 1. The summed E-state index contributed by atoms with van der Waals surface area (Å²) in [5.41, 5.74) is 4.22. The zero-order valence-electron chi connectivity index (χ0n) is 17.9. The molecule has 0 aliphatic carbocycles.